The number of aromatic hydroxyl groups is 1. The van der Waals surface area contributed by atoms with Crippen LogP contribution in [0.15, 0.2) is 35.2 Å². The molecule has 21 heavy (non-hydrogen) atoms. The lowest BCUT2D eigenvalue weighted by molar-refractivity contribution is 0.471. The van der Waals surface area contributed by atoms with Crippen LogP contribution in [0.25, 0.3) is 0 Å². The molecule has 0 heterocycles. The van der Waals surface area contributed by atoms with E-state index in [-0.39, 0.29) is 22.1 Å². The molecule has 0 aromatic heterocycles. The van der Waals surface area contributed by atoms with E-state index in [4.69, 9.17) is 17.3 Å². The third kappa shape index (κ3) is 3.20. The van der Waals surface area contributed by atoms with E-state index in [1.165, 1.54) is 18.2 Å². The van der Waals surface area contributed by atoms with Crippen LogP contribution in [-0.2, 0) is 10.0 Å². The molecule has 0 aliphatic carbocycles. The first kappa shape index (κ1) is 15.4. The molecule has 4 N–H and O–H groups in total. The summed E-state index contributed by atoms with van der Waals surface area (Å²) in [6.07, 6.45) is 0. The number of sulfonamides is 1. The number of aryl methyl sites for hydroxylation is 1. The van der Waals surface area contributed by atoms with Crippen molar-refractivity contribution in [3.05, 3.63) is 46.7 Å². The summed E-state index contributed by atoms with van der Waals surface area (Å²) < 4.78 is 40.4. The Hall–Kier alpha value is -1.99. The Kier molecular flexibility index (Phi) is 3.97. The van der Waals surface area contributed by atoms with Gasteiger partial charge in [-0.2, -0.15) is 0 Å². The van der Waals surface area contributed by atoms with Crippen LogP contribution in [0.5, 0.6) is 5.75 Å². The Labute approximate surface area is 126 Å². The highest BCUT2D eigenvalue weighted by atomic mass is 35.5. The fraction of sp³-hybridized carbons (Fsp3) is 0.0769. The van der Waals surface area contributed by atoms with Gasteiger partial charge in [0.1, 0.15) is 10.6 Å². The van der Waals surface area contributed by atoms with Gasteiger partial charge in [0, 0.05) is 11.8 Å². The Morgan fingerprint density at radius 2 is 1.95 bits per heavy atom. The molecule has 2 aromatic rings. The van der Waals surface area contributed by atoms with Crippen LogP contribution in [0, 0.1) is 12.7 Å². The Morgan fingerprint density at radius 1 is 1.29 bits per heavy atom. The van der Waals surface area contributed by atoms with E-state index >= 15 is 0 Å². The van der Waals surface area contributed by atoms with Crippen molar-refractivity contribution >= 4 is 33.0 Å². The standard InChI is InChI=1S/C13H12ClFN2O3S/c1-7-2-3-9(6-11(7)18)17-21(19,20)12-5-8(16)4-10(14)13(12)15/h2-6,17-18H,16H2,1H3. The van der Waals surface area contributed by atoms with Crippen molar-refractivity contribution in [2.75, 3.05) is 10.5 Å². The second-order valence-electron chi connectivity index (χ2n) is 4.42. The predicted octanol–water partition coefficient (Wildman–Crippen LogP) is 2.88. The number of nitrogens with one attached hydrogen (secondary N) is 1. The SMILES string of the molecule is Cc1ccc(NS(=O)(=O)c2cc(N)cc(Cl)c2F)cc1O. The first-order valence-corrected chi connectivity index (χ1v) is 7.64. The summed E-state index contributed by atoms with van der Waals surface area (Å²) in [4.78, 5) is -0.660. The number of benzene rings is 2. The molecule has 0 saturated carbocycles. The van der Waals surface area contributed by atoms with Crippen LogP contribution in [0.2, 0.25) is 5.02 Å². The van der Waals surface area contributed by atoms with Gasteiger partial charge < -0.3 is 10.8 Å². The zero-order chi connectivity index (χ0) is 15.8. The zero-order valence-corrected chi connectivity index (χ0v) is 12.5. The van der Waals surface area contributed by atoms with Crippen LogP contribution < -0.4 is 10.5 Å². The van der Waals surface area contributed by atoms with E-state index < -0.39 is 20.7 Å². The van der Waals surface area contributed by atoms with E-state index in [0.717, 1.165) is 12.1 Å². The zero-order valence-electron chi connectivity index (χ0n) is 10.9. The number of phenolic OH excluding ortho intramolecular Hbond substituents is 1. The number of halogens is 2. The molecule has 8 heteroatoms. The maximum absolute atomic E-state index is 13.9. The van der Waals surface area contributed by atoms with E-state index in [9.17, 15) is 17.9 Å². The lowest BCUT2D eigenvalue weighted by atomic mass is 10.2. The van der Waals surface area contributed by atoms with Gasteiger partial charge >= 0.3 is 0 Å². The second-order valence-corrected chi connectivity index (χ2v) is 6.48. The quantitative estimate of drug-likeness (QED) is 0.754. The number of rotatable bonds is 3. The molecular weight excluding hydrogens is 319 g/mol. The molecule has 0 aliphatic heterocycles. The average molecular weight is 331 g/mol. The third-order valence-electron chi connectivity index (χ3n) is 2.77. The van der Waals surface area contributed by atoms with Crippen molar-refractivity contribution in [2.24, 2.45) is 0 Å². The van der Waals surface area contributed by atoms with Crippen molar-refractivity contribution in [1.82, 2.24) is 0 Å². The van der Waals surface area contributed by atoms with Crippen LogP contribution in [0.1, 0.15) is 5.56 Å². The predicted molar refractivity (Wildman–Crippen MR) is 79.5 cm³/mol. The largest absolute Gasteiger partial charge is 0.508 e. The second kappa shape index (κ2) is 5.42. The number of nitrogens with two attached hydrogens (primary N) is 1. The van der Waals surface area contributed by atoms with E-state index in [0.29, 0.717) is 5.56 Å². The first-order chi connectivity index (χ1) is 9.70. The molecule has 112 valence electrons. The summed E-state index contributed by atoms with van der Waals surface area (Å²) in [5.74, 6) is -1.17. The van der Waals surface area contributed by atoms with Crippen LogP contribution in [0.4, 0.5) is 15.8 Å². The summed E-state index contributed by atoms with van der Waals surface area (Å²) in [5, 5.41) is 9.17. The monoisotopic (exact) mass is 330 g/mol. The fourth-order valence-corrected chi connectivity index (χ4v) is 3.13. The number of phenols is 1. The number of hydrogen-bond donors (Lipinski definition) is 3. The Bertz CT molecular complexity index is 809. The fourth-order valence-electron chi connectivity index (χ4n) is 1.66. The highest BCUT2D eigenvalue weighted by Crippen LogP contribution is 2.28. The first-order valence-electron chi connectivity index (χ1n) is 5.77. The summed E-state index contributed by atoms with van der Waals surface area (Å²) in [6, 6.07) is 6.28. The molecule has 0 fully saturated rings. The molecule has 2 rings (SSSR count). The third-order valence-corrected chi connectivity index (χ3v) is 4.42. The maximum atomic E-state index is 13.9. The minimum absolute atomic E-state index is 0.0218. The minimum Gasteiger partial charge on any atom is -0.508 e. The molecular formula is C13H12ClFN2O3S. The molecule has 0 aliphatic rings. The smallest absolute Gasteiger partial charge is 0.264 e. The van der Waals surface area contributed by atoms with Gasteiger partial charge in [-0.3, -0.25) is 4.72 Å². The topological polar surface area (TPSA) is 92.4 Å². The van der Waals surface area contributed by atoms with E-state index in [1.54, 1.807) is 6.92 Å². The van der Waals surface area contributed by atoms with Crippen molar-refractivity contribution in [2.45, 2.75) is 11.8 Å². The Balaban J connectivity index is 2.45. The normalized spacial score (nSPS) is 11.4. The molecule has 0 spiro atoms. The molecule has 0 bridgehead atoms. The molecule has 0 atom stereocenters. The minimum atomic E-state index is -4.22. The van der Waals surface area contributed by atoms with Gasteiger partial charge in [-0.05, 0) is 30.7 Å². The van der Waals surface area contributed by atoms with Gasteiger partial charge in [0.15, 0.2) is 5.82 Å². The average Bonchev–Trinajstić information content (AvgIpc) is 2.37. The highest BCUT2D eigenvalue weighted by Gasteiger charge is 2.22. The molecule has 0 radical (unpaired) electrons. The maximum Gasteiger partial charge on any atom is 0.264 e. The molecule has 0 saturated heterocycles. The lowest BCUT2D eigenvalue weighted by Gasteiger charge is -2.11. The number of nitrogen functional groups attached to an aromatic ring is 1. The van der Waals surface area contributed by atoms with Gasteiger partial charge in [-0.25, -0.2) is 12.8 Å². The van der Waals surface area contributed by atoms with Crippen molar-refractivity contribution < 1.29 is 17.9 Å². The number of anilines is 2. The summed E-state index contributed by atoms with van der Waals surface area (Å²) in [7, 11) is -4.22. The van der Waals surface area contributed by atoms with Gasteiger partial charge in [0.25, 0.3) is 10.0 Å². The van der Waals surface area contributed by atoms with Gasteiger partial charge in [-0.15, -0.1) is 0 Å². The van der Waals surface area contributed by atoms with Crippen molar-refractivity contribution in [3.63, 3.8) is 0 Å². The van der Waals surface area contributed by atoms with Crippen LogP contribution >= 0.6 is 11.6 Å². The highest BCUT2D eigenvalue weighted by molar-refractivity contribution is 7.92. The molecule has 2 aromatic carbocycles. The number of hydrogen-bond acceptors (Lipinski definition) is 4. The van der Waals surface area contributed by atoms with Crippen LogP contribution in [0.3, 0.4) is 0 Å². The van der Waals surface area contributed by atoms with Gasteiger partial charge in [-0.1, -0.05) is 17.7 Å². The van der Waals surface area contributed by atoms with Crippen molar-refractivity contribution in [1.29, 1.82) is 0 Å². The van der Waals surface area contributed by atoms with Gasteiger partial charge in [0.2, 0.25) is 0 Å². The Morgan fingerprint density at radius 3 is 2.57 bits per heavy atom. The van der Waals surface area contributed by atoms with E-state index in [2.05, 4.69) is 4.72 Å². The van der Waals surface area contributed by atoms with Gasteiger partial charge in [0.05, 0.1) is 10.7 Å². The molecule has 5 nitrogen and oxygen atoms in total. The summed E-state index contributed by atoms with van der Waals surface area (Å²) >= 11 is 5.59. The lowest BCUT2D eigenvalue weighted by Crippen LogP contribution is -2.15. The van der Waals surface area contributed by atoms with Crippen LogP contribution in [-0.4, -0.2) is 13.5 Å². The molecule has 0 amide bonds. The van der Waals surface area contributed by atoms with E-state index in [1.807, 2.05) is 0 Å². The molecule has 0 unspecified atom stereocenters. The summed E-state index contributed by atoms with van der Waals surface area (Å²) in [6.45, 7) is 1.66. The van der Waals surface area contributed by atoms with Crippen molar-refractivity contribution in [3.8, 4) is 5.75 Å². The summed E-state index contributed by atoms with van der Waals surface area (Å²) in [5.41, 5.74) is 6.17.